The zero-order valence-corrected chi connectivity index (χ0v) is 8.29. The van der Waals surface area contributed by atoms with E-state index in [1.54, 1.807) is 0 Å². The zero-order valence-electron chi connectivity index (χ0n) is 8.29. The molecule has 1 saturated heterocycles. The summed E-state index contributed by atoms with van der Waals surface area (Å²) in [6.45, 7) is 4.51. The van der Waals surface area contributed by atoms with Gasteiger partial charge in [0.15, 0.2) is 0 Å². The molecule has 3 heteroatoms. The Morgan fingerprint density at radius 2 is 2.25 bits per heavy atom. The van der Waals surface area contributed by atoms with E-state index in [9.17, 15) is 0 Å². The van der Waals surface area contributed by atoms with Crippen LogP contribution >= 0.6 is 0 Å². The summed E-state index contributed by atoms with van der Waals surface area (Å²) < 4.78 is 0. The van der Waals surface area contributed by atoms with Gasteiger partial charge in [0.2, 0.25) is 0 Å². The molecule has 1 rings (SSSR count). The Balaban J connectivity index is 2.00. The number of likely N-dealkylation sites (tertiary alicyclic amines) is 1. The fraction of sp³-hybridized carbons (Fsp3) is 1.00. The Labute approximate surface area is 75.5 Å². The minimum atomic E-state index is 0.687. The van der Waals surface area contributed by atoms with Crippen molar-refractivity contribution in [2.75, 3.05) is 40.3 Å². The van der Waals surface area contributed by atoms with Gasteiger partial charge in [-0.3, -0.25) is 4.90 Å². The highest BCUT2D eigenvalue weighted by Crippen LogP contribution is 2.15. The molecule has 0 saturated carbocycles. The average molecular weight is 171 g/mol. The normalized spacial score (nSPS) is 24.5. The molecule has 0 radical (unpaired) electrons. The van der Waals surface area contributed by atoms with E-state index in [0.717, 1.165) is 6.54 Å². The maximum Gasteiger partial charge on any atom is 0.0230 e. The quantitative estimate of drug-likeness (QED) is 0.630. The molecule has 1 unspecified atom stereocenters. The van der Waals surface area contributed by atoms with Crippen molar-refractivity contribution < 1.29 is 0 Å². The molecule has 1 aliphatic heterocycles. The second kappa shape index (κ2) is 4.80. The summed E-state index contributed by atoms with van der Waals surface area (Å²) in [5.41, 5.74) is 5.60. The first-order chi connectivity index (χ1) is 5.74. The molecule has 2 N–H and O–H groups in total. The summed E-state index contributed by atoms with van der Waals surface area (Å²) in [4.78, 5) is 4.72. The summed E-state index contributed by atoms with van der Waals surface area (Å²) in [6.07, 6.45) is 2.57. The molecule has 72 valence electrons. The van der Waals surface area contributed by atoms with Crippen LogP contribution in [0.2, 0.25) is 0 Å². The Hall–Kier alpha value is -0.120. The molecule has 1 atom stereocenters. The van der Waals surface area contributed by atoms with Crippen molar-refractivity contribution in [1.29, 1.82) is 0 Å². The third-order valence-corrected chi connectivity index (χ3v) is 2.59. The summed E-state index contributed by atoms with van der Waals surface area (Å²) in [5, 5.41) is 0. The fourth-order valence-corrected chi connectivity index (χ4v) is 1.65. The van der Waals surface area contributed by atoms with E-state index in [0.29, 0.717) is 6.04 Å². The lowest BCUT2D eigenvalue weighted by molar-refractivity contribution is 0.0927. The van der Waals surface area contributed by atoms with Crippen molar-refractivity contribution in [3.05, 3.63) is 0 Å². The Bertz CT molecular complexity index is 123. The Kier molecular flexibility index (Phi) is 3.98. The molecule has 0 aliphatic carbocycles. The number of hydrogen-bond donors (Lipinski definition) is 1. The van der Waals surface area contributed by atoms with Gasteiger partial charge in [0.1, 0.15) is 0 Å². The third-order valence-electron chi connectivity index (χ3n) is 2.59. The maximum absolute atomic E-state index is 5.60. The molecule has 0 bridgehead atoms. The van der Waals surface area contributed by atoms with E-state index >= 15 is 0 Å². The molecule has 0 aromatic carbocycles. The third kappa shape index (κ3) is 2.73. The van der Waals surface area contributed by atoms with Crippen LogP contribution in [0.1, 0.15) is 12.8 Å². The molecular weight excluding hydrogens is 150 g/mol. The van der Waals surface area contributed by atoms with Crippen LogP contribution in [0.5, 0.6) is 0 Å². The zero-order chi connectivity index (χ0) is 8.97. The molecule has 0 aromatic heterocycles. The molecule has 1 aliphatic rings. The largest absolute Gasteiger partial charge is 0.329 e. The van der Waals surface area contributed by atoms with Gasteiger partial charge in [-0.15, -0.1) is 0 Å². The molecule has 3 nitrogen and oxygen atoms in total. The van der Waals surface area contributed by atoms with Crippen LogP contribution < -0.4 is 5.73 Å². The highest BCUT2D eigenvalue weighted by atomic mass is 15.2. The molecule has 0 spiro atoms. The summed E-state index contributed by atoms with van der Waals surface area (Å²) in [6, 6.07) is 0.687. The van der Waals surface area contributed by atoms with E-state index in [4.69, 9.17) is 5.73 Å². The Morgan fingerprint density at radius 3 is 2.67 bits per heavy atom. The van der Waals surface area contributed by atoms with E-state index in [1.807, 2.05) is 0 Å². The molecule has 1 fully saturated rings. The number of rotatable bonds is 5. The van der Waals surface area contributed by atoms with Gasteiger partial charge in [-0.05, 0) is 40.0 Å². The highest BCUT2D eigenvalue weighted by molar-refractivity contribution is 4.82. The predicted octanol–water partition coefficient (Wildman–Crippen LogP) is -0.0289. The SMILES string of the molecule is CN(C)CCCN1CCC1CN. The van der Waals surface area contributed by atoms with Crippen LogP contribution in [0.4, 0.5) is 0 Å². The van der Waals surface area contributed by atoms with Crippen molar-refractivity contribution in [3.63, 3.8) is 0 Å². The van der Waals surface area contributed by atoms with Crippen LogP contribution in [0, 0.1) is 0 Å². The van der Waals surface area contributed by atoms with Gasteiger partial charge in [0.25, 0.3) is 0 Å². The minimum Gasteiger partial charge on any atom is -0.329 e. The number of nitrogens with two attached hydrogens (primary N) is 1. The summed E-state index contributed by atoms with van der Waals surface area (Å²) >= 11 is 0. The smallest absolute Gasteiger partial charge is 0.0230 e. The molecule has 12 heavy (non-hydrogen) atoms. The van der Waals surface area contributed by atoms with Gasteiger partial charge in [0.05, 0.1) is 0 Å². The second-order valence-electron chi connectivity index (χ2n) is 3.87. The van der Waals surface area contributed by atoms with E-state index in [1.165, 1.54) is 32.5 Å². The van der Waals surface area contributed by atoms with E-state index < -0.39 is 0 Å². The van der Waals surface area contributed by atoms with Gasteiger partial charge in [-0.1, -0.05) is 0 Å². The topological polar surface area (TPSA) is 32.5 Å². The standard InChI is InChI=1S/C9H21N3/c1-11(2)5-3-6-12-7-4-9(12)8-10/h9H,3-8,10H2,1-2H3. The molecule has 1 heterocycles. The first-order valence-electron chi connectivity index (χ1n) is 4.83. The second-order valence-corrected chi connectivity index (χ2v) is 3.87. The fourth-order valence-electron chi connectivity index (χ4n) is 1.65. The van der Waals surface area contributed by atoms with Crippen molar-refractivity contribution in [3.8, 4) is 0 Å². The summed E-state index contributed by atoms with van der Waals surface area (Å²) in [5.74, 6) is 0. The van der Waals surface area contributed by atoms with E-state index in [2.05, 4.69) is 23.9 Å². The highest BCUT2D eigenvalue weighted by Gasteiger charge is 2.25. The van der Waals surface area contributed by atoms with Gasteiger partial charge >= 0.3 is 0 Å². The van der Waals surface area contributed by atoms with Gasteiger partial charge < -0.3 is 10.6 Å². The van der Waals surface area contributed by atoms with Gasteiger partial charge in [0, 0.05) is 19.1 Å². The lowest BCUT2D eigenvalue weighted by atomic mass is 10.0. The van der Waals surface area contributed by atoms with Crippen LogP contribution in [0.15, 0.2) is 0 Å². The van der Waals surface area contributed by atoms with Gasteiger partial charge in [-0.2, -0.15) is 0 Å². The lowest BCUT2D eigenvalue weighted by Gasteiger charge is -2.40. The van der Waals surface area contributed by atoms with Crippen molar-refractivity contribution in [2.45, 2.75) is 18.9 Å². The lowest BCUT2D eigenvalue weighted by Crippen LogP contribution is -2.52. The summed E-state index contributed by atoms with van der Waals surface area (Å²) in [7, 11) is 4.24. The predicted molar refractivity (Wildman–Crippen MR) is 52.2 cm³/mol. The van der Waals surface area contributed by atoms with Crippen molar-refractivity contribution in [1.82, 2.24) is 9.80 Å². The molecule has 0 amide bonds. The monoisotopic (exact) mass is 171 g/mol. The first-order valence-corrected chi connectivity index (χ1v) is 4.83. The van der Waals surface area contributed by atoms with Crippen molar-refractivity contribution >= 4 is 0 Å². The maximum atomic E-state index is 5.60. The average Bonchev–Trinajstić information content (AvgIpc) is 1.96. The van der Waals surface area contributed by atoms with Crippen LogP contribution in [0.25, 0.3) is 0 Å². The van der Waals surface area contributed by atoms with Crippen LogP contribution in [-0.4, -0.2) is 56.1 Å². The van der Waals surface area contributed by atoms with Crippen LogP contribution in [0.3, 0.4) is 0 Å². The minimum absolute atomic E-state index is 0.687. The number of nitrogens with zero attached hydrogens (tertiary/aromatic N) is 2. The van der Waals surface area contributed by atoms with Gasteiger partial charge in [-0.25, -0.2) is 0 Å². The number of hydrogen-bond acceptors (Lipinski definition) is 3. The van der Waals surface area contributed by atoms with Crippen molar-refractivity contribution in [2.24, 2.45) is 5.73 Å². The molecule has 0 aromatic rings. The van der Waals surface area contributed by atoms with Crippen LogP contribution in [-0.2, 0) is 0 Å². The Morgan fingerprint density at radius 1 is 1.50 bits per heavy atom. The first kappa shape index (κ1) is 9.96. The van der Waals surface area contributed by atoms with E-state index in [-0.39, 0.29) is 0 Å². The molecular formula is C9H21N3.